The number of para-hydroxylation sites is 1. The molecule has 0 heterocycles. The fourth-order valence-corrected chi connectivity index (χ4v) is 2.56. The Morgan fingerprint density at radius 2 is 1.86 bits per heavy atom. The van der Waals surface area contributed by atoms with E-state index in [0.29, 0.717) is 11.4 Å². The lowest BCUT2D eigenvalue weighted by molar-refractivity contribution is -0.136. The number of methoxy groups -OCH3 is 1. The molecule has 2 N–H and O–H groups in total. The molecule has 2 aromatic carbocycles. The molecule has 8 nitrogen and oxygen atoms in total. The number of benzene rings is 2. The Hall–Kier alpha value is -3.55. The maximum Gasteiger partial charge on any atom is 0.342 e. The summed E-state index contributed by atoms with van der Waals surface area (Å²) in [6.45, 7) is 1.22. The maximum absolute atomic E-state index is 12.2. The lowest BCUT2D eigenvalue weighted by atomic mass is 10.1. The second-order valence-corrected chi connectivity index (χ2v) is 6.27. The zero-order chi connectivity index (χ0) is 21.4. The quantitative estimate of drug-likeness (QED) is 0.659. The van der Waals surface area contributed by atoms with Gasteiger partial charge in [0.05, 0.1) is 13.7 Å². The van der Waals surface area contributed by atoms with Crippen molar-refractivity contribution < 1.29 is 29.0 Å². The molecule has 29 heavy (non-hydrogen) atoms. The number of hydrogen-bond acceptors (Lipinski definition) is 6. The smallest absolute Gasteiger partial charge is 0.342 e. The Morgan fingerprint density at radius 3 is 2.55 bits per heavy atom. The van der Waals surface area contributed by atoms with Crippen molar-refractivity contribution in [2.75, 3.05) is 32.6 Å². The molecule has 2 rings (SSSR count). The predicted octanol–water partition coefficient (Wildman–Crippen LogP) is 2.22. The van der Waals surface area contributed by atoms with Crippen LogP contribution in [0.1, 0.15) is 22.8 Å². The molecule has 0 aliphatic heterocycles. The van der Waals surface area contributed by atoms with Gasteiger partial charge >= 0.3 is 5.97 Å². The number of carbonyl (C=O) groups excluding carboxylic acids is 3. The minimum Gasteiger partial charge on any atom is -0.507 e. The number of amides is 2. The first kappa shape index (κ1) is 21.7. The molecular weight excluding hydrogens is 376 g/mol. The minimum absolute atomic E-state index is 0.117. The summed E-state index contributed by atoms with van der Waals surface area (Å²) in [6, 6.07) is 11.5. The van der Waals surface area contributed by atoms with Gasteiger partial charge in [-0.05, 0) is 36.2 Å². The first-order chi connectivity index (χ1) is 13.8. The molecule has 2 aromatic rings. The molecule has 0 fully saturated rings. The standard InChI is InChI=1S/C21H24N2O6/c1-4-14-7-5-6-8-17(14)22-19(25)12-23(2)20(26)13-29-21(27)16-11-15(28-3)9-10-18(16)24/h5-11,24H,4,12-13H2,1-3H3,(H,22,25). The molecule has 0 aromatic heterocycles. The van der Waals surface area contributed by atoms with Crippen LogP contribution in [0.15, 0.2) is 42.5 Å². The third kappa shape index (κ3) is 5.97. The fraction of sp³-hybridized carbons (Fsp3) is 0.286. The zero-order valence-electron chi connectivity index (χ0n) is 16.6. The number of rotatable bonds is 8. The number of hydrogen-bond donors (Lipinski definition) is 2. The first-order valence-corrected chi connectivity index (χ1v) is 9.01. The lowest BCUT2D eigenvalue weighted by Crippen LogP contribution is -2.37. The largest absolute Gasteiger partial charge is 0.507 e. The van der Waals surface area contributed by atoms with Crippen molar-refractivity contribution in [3.63, 3.8) is 0 Å². The van der Waals surface area contributed by atoms with Gasteiger partial charge in [-0.15, -0.1) is 0 Å². The van der Waals surface area contributed by atoms with Crippen molar-refractivity contribution >= 4 is 23.5 Å². The van der Waals surface area contributed by atoms with Crippen LogP contribution in [0.5, 0.6) is 11.5 Å². The van der Waals surface area contributed by atoms with Crippen LogP contribution in [0.25, 0.3) is 0 Å². The summed E-state index contributed by atoms with van der Waals surface area (Å²) in [5.41, 5.74) is 1.57. The van der Waals surface area contributed by atoms with Gasteiger partial charge in [0.2, 0.25) is 5.91 Å². The molecule has 8 heteroatoms. The number of nitrogens with zero attached hydrogens (tertiary/aromatic N) is 1. The average Bonchev–Trinajstić information content (AvgIpc) is 2.72. The van der Waals surface area contributed by atoms with Gasteiger partial charge in [-0.25, -0.2) is 4.79 Å². The summed E-state index contributed by atoms with van der Waals surface area (Å²) in [5.74, 6) is -1.71. The van der Waals surface area contributed by atoms with Crippen LogP contribution in [0.2, 0.25) is 0 Å². The molecule has 0 spiro atoms. The topological polar surface area (TPSA) is 105 Å². The van der Waals surface area contributed by atoms with Gasteiger partial charge in [-0.1, -0.05) is 25.1 Å². The number of ether oxygens (including phenoxy) is 2. The first-order valence-electron chi connectivity index (χ1n) is 9.01. The van der Waals surface area contributed by atoms with E-state index in [9.17, 15) is 19.5 Å². The van der Waals surface area contributed by atoms with Gasteiger partial charge in [-0.3, -0.25) is 9.59 Å². The number of phenolic OH excluding ortho intramolecular Hbond substituents is 1. The Balaban J connectivity index is 1.89. The Bertz CT molecular complexity index is 896. The number of aromatic hydroxyl groups is 1. The van der Waals surface area contributed by atoms with E-state index in [1.54, 1.807) is 6.07 Å². The van der Waals surface area contributed by atoms with E-state index in [2.05, 4.69) is 5.32 Å². The number of anilines is 1. The lowest BCUT2D eigenvalue weighted by Gasteiger charge is -2.17. The second-order valence-electron chi connectivity index (χ2n) is 6.27. The van der Waals surface area contributed by atoms with Gasteiger partial charge in [0.25, 0.3) is 5.91 Å². The molecule has 0 aliphatic carbocycles. The molecule has 0 radical (unpaired) electrons. The van der Waals surface area contributed by atoms with E-state index in [1.165, 1.54) is 32.4 Å². The summed E-state index contributed by atoms with van der Waals surface area (Å²) >= 11 is 0. The number of phenols is 1. The third-order valence-electron chi connectivity index (χ3n) is 4.23. The summed E-state index contributed by atoms with van der Waals surface area (Å²) in [5, 5.41) is 12.5. The predicted molar refractivity (Wildman–Crippen MR) is 107 cm³/mol. The van der Waals surface area contributed by atoms with Crippen molar-refractivity contribution in [1.82, 2.24) is 4.90 Å². The summed E-state index contributed by atoms with van der Waals surface area (Å²) in [6.07, 6.45) is 0.762. The maximum atomic E-state index is 12.2. The highest BCUT2D eigenvalue weighted by Crippen LogP contribution is 2.23. The Kier molecular flexibility index (Phi) is 7.59. The van der Waals surface area contributed by atoms with E-state index in [1.807, 2.05) is 25.1 Å². The highest BCUT2D eigenvalue weighted by Gasteiger charge is 2.19. The van der Waals surface area contributed by atoms with E-state index in [0.717, 1.165) is 16.9 Å². The molecule has 2 amide bonds. The highest BCUT2D eigenvalue weighted by atomic mass is 16.5. The van der Waals surface area contributed by atoms with Crippen LogP contribution >= 0.6 is 0 Å². The van der Waals surface area contributed by atoms with Crippen molar-refractivity contribution in [3.8, 4) is 11.5 Å². The summed E-state index contributed by atoms with van der Waals surface area (Å²) in [4.78, 5) is 37.7. The zero-order valence-corrected chi connectivity index (χ0v) is 16.6. The van der Waals surface area contributed by atoms with Crippen LogP contribution in [-0.4, -0.2) is 55.1 Å². The molecule has 0 aliphatic rings. The number of esters is 1. The SMILES string of the molecule is CCc1ccccc1NC(=O)CN(C)C(=O)COC(=O)c1cc(OC)ccc1O. The summed E-state index contributed by atoms with van der Waals surface area (Å²) < 4.78 is 9.94. The van der Waals surface area contributed by atoms with Gasteiger partial charge in [-0.2, -0.15) is 0 Å². The molecule has 0 saturated heterocycles. The normalized spacial score (nSPS) is 10.2. The average molecular weight is 400 g/mol. The number of carbonyl (C=O) groups is 3. The Labute approximate surface area is 169 Å². The molecule has 154 valence electrons. The van der Waals surface area contributed by atoms with Crippen LogP contribution in [0.3, 0.4) is 0 Å². The third-order valence-corrected chi connectivity index (χ3v) is 4.23. The fourth-order valence-electron chi connectivity index (χ4n) is 2.56. The van der Waals surface area contributed by atoms with Gasteiger partial charge in [0, 0.05) is 12.7 Å². The van der Waals surface area contributed by atoms with Crippen LogP contribution in [0, 0.1) is 0 Å². The van der Waals surface area contributed by atoms with E-state index in [-0.39, 0.29) is 23.8 Å². The van der Waals surface area contributed by atoms with Crippen molar-refractivity contribution in [3.05, 3.63) is 53.6 Å². The van der Waals surface area contributed by atoms with Gasteiger partial charge in [0.15, 0.2) is 6.61 Å². The van der Waals surface area contributed by atoms with Gasteiger partial charge in [0.1, 0.15) is 17.1 Å². The molecule has 0 unspecified atom stereocenters. The van der Waals surface area contributed by atoms with Crippen LogP contribution in [-0.2, 0) is 20.7 Å². The molecule has 0 bridgehead atoms. The van der Waals surface area contributed by atoms with Crippen LogP contribution < -0.4 is 10.1 Å². The second kappa shape index (κ2) is 10.1. The number of nitrogens with one attached hydrogen (secondary N) is 1. The monoisotopic (exact) mass is 400 g/mol. The van der Waals surface area contributed by atoms with Crippen molar-refractivity contribution in [2.24, 2.45) is 0 Å². The van der Waals surface area contributed by atoms with E-state index in [4.69, 9.17) is 9.47 Å². The van der Waals surface area contributed by atoms with Gasteiger partial charge < -0.3 is 24.8 Å². The van der Waals surface area contributed by atoms with Crippen LogP contribution in [0.4, 0.5) is 5.69 Å². The van der Waals surface area contributed by atoms with Crippen molar-refractivity contribution in [1.29, 1.82) is 0 Å². The number of likely N-dealkylation sites (N-methyl/N-ethyl adjacent to an activating group) is 1. The molecule has 0 saturated carbocycles. The molecular formula is C21H24N2O6. The molecule has 0 atom stereocenters. The van der Waals surface area contributed by atoms with Crippen molar-refractivity contribution in [2.45, 2.75) is 13.3 Å². The Morgan fingerprint density at radius 1 is 1.14 bits per heavy atom. The highest BCUT2D eigenvalue weighted by molar-refractivity contribution is 5.96. The number of aryl methyl sites for hydroxylation is 1. The summed E-state index contributed by atoms with van der Waals surface area (Å²) in [7, 11) is 2.86. The minimum atomic E-state index is -0.871. The van der Waals surface area contributed by atoms with E-state index < -0.39 is 18.5 Å². The van der Waals surface area contributed by atoms with E-state index >= 15 is 0 Å².